The van der Waals surface area contributed by atoms with Crippen molar-refractivity contribution in [1.82, 2.24) is 14.2 Å². The van der Waals surface area contributed by atoms with Gasteiger partial charge in [0, 0.05) is 43.5 Å². The van der Waals surface area contributed by atoms with Crippen LogP contribution in [0.1, 0.15) is 29.8 Å². The van der Waals surface area contributed by atoms with E-state index in [2.05, 4.69) is 11.1 Å². The van der Waals surface area contributed by atoms with Crippen molar-refractivity contribution in [2.45, 2.75) is 30.9 Å². The van der Waals surface area contributed by atoms with Gasteiger partial charge in [0.05, 0.1) is 24.8 Å². The third kappa shape index (κ3) is 5.55. The second-order valence-electron chi connectivity index (χ2n) is 9.52. The van der Waals surface area contributed by atoms with Crippen molar-refractivity contribution in [2.75, 3.05) is 26.7 Å². The minimum atomic E-state index is -4.00. The molecule has 0 spiro atoms. The summed E-state index contributed by atoms with van der Waals surface area (Å²) in [6, 6.07) is 16.6. The number of pyridine rings is 1. The van der Waals surface area contributed by atoms with Gasteiger partial charge in [0.15, 0.2) is 0 Å². The van der Waals surface area contributed by atoms with Crippen LogP contribution in [0.15, 0.2) is 71.9 Å². The van der Waals surface area contributed by atoms with Crippen LogP contribution in [0.2, 0.25) is 0 Å². The fraction of sp³-hybridized carbons (Fsp3) is 0.321. The Balaban J connectivity index is 1.76. The summed E-state index contributed by atoms with van der Waals surface area (Å²) in [5.41, 5.74) is 2.39. The summed E-state index contributed by atoms with van der Waals surface area (Å²) in [5.74, 6) is -0.368. The Morgan fingerprint density at radius 1 is 1.21 bits per heavy atom. The second-order valence-corrected chi connectivity index (χ2v) is 11.4. The Kier molecular flexibility index (Phi) is 8.11. The van der Waals surface area contributed by atoms with Crippen LogP contribution in [0.4, 0.5) is 0 Å². The van der Waals surface area contributed by atoms with Crippen LogP contribution in [-0.4, -0.2) is 72.5 Å². The largest absolute Gasteiger partial charge is 0.487 e. The highest BCUT2D eigenvalue weighted by atomic mass is 32.2. The van der Waals surface area contributed by atoms with Gasteiger partial charge < -0.3 is 14.7 Å². The van der Waals surface area contributed by atoms with Crippen molar-refractivity contribution < 1.29 is 23.1 Å². The van der Waals surface area contributed by atoms with Crippen molar-refractivity contribution in [3.63, 3.8) is 0 Å². The summed E-state index contributed by atoms with van der Waals surface area (Å²) in [6.45, 7) is 3.50. The monoisotopic (exact) mass is 534 g/mol. The van der Waals surface area contributed by atoms with Crippen LogP contribution in [0.5, 0.6) is 5.75 Å². The molecule has 3 atom stereocenters. The number of fused-ring (bicyclic) bond motifs is 1. The Labute approximate surface area is 223 Å². The normalized spacial score (nSPS) is 19.7. The molecule has 1 aliphatic rings. The molecule has 1 aromatic heterocycles. The van der Waals surface area contributed by atoms with E-state index in [1.165, 1.54) is 10.4 Å². The first-order valence-corrected chi connectivity index (χ1v) is 13.7. The van der Waals surface area contributed by atoms with Gasteiger partial charge in [0.25, 0.3) is 5.91 Å². The molecule has 0 radical (unpaired) electrons. The molecule has 0 fully saturated rings. The summed E-state index contributed by atoms with van der Waals surface area (Å²) in [7, 11) is -2.33. The van der Waals surface area contributed by atoms with Gasteiger partial charge in [-0.05, 0) is 54.4 Å². The zero-order valence-electron chi connectivity index (χ0n) is 21.5. The first-order valence-electron chi connectivity index (χ1n) is 12.2. The van der Waals surface area contributed by atoms with Crippen molar-refractivity contribution >= 4 is 15.9 Å². The standard InChI is InChI=1S/C28H30N4O5S/c1-19-16-32(20(2)18-33)38(35,36)27-8-7-24(23-6-4-5-21(13-23)15-29)14-25(27)37-26(19)17-31(3)28(34)22-9-11-30-12-10-22/h4-14,19-20,26,33H,16-18H2,1-3H3/t19-,20+,26-/m1/s1. The van der Waals surface area contributed by atoms with Gasteiger partial charge in [-0.1, -0.05) is 25.1 Å². The number of sulfonamides is 1. The van der Waals surface area contributed by atoms with Gasteiger partial charge in [0.2, 0.25) is 10.0 Å². The summed E-state index contributed by atoms with van der Waals surface area (Å²) >= 11 is 0. The second kappa shape index (κ2) is 11.3. The topological polar surface area (TPSA) is 124 Å². The number of carbonyl (C=O) groups is 1. The van der Waals surface area contributed by atoms with Gasteiger partial charge in [-0.3, -0.25) is 9.78 Å². The van der Waals surface area contributed by atoms with Crippen molar-refractivity contribution in [2.24, 2.45) is 5.92 Å². The number of aliphatic hydroxyl groups excluding tert-OH is 1. The molecule has 0 saturated carbocycles. The maximum atomic E-state index is 13.7. The molecule has 2 aromatic carbocycles. The fourth-order valence-electron chi connectivity index (χ4n) is 4.46. The lowest BCUT2D eigenvalue weighted by molar-refractivity contribution is 0.0564. The quantitative estimate of drug-likeness (QED) is 0.515. The molecule has 0 unspecified atom stereocenters. The maximum absolute atomic E-state index is 13.7. The van der Waals surface area contributed by atoms with E-state index in [0.29, 0.717) is 16.7 Å². The molecule has 1 amide bonds. The number of nitrogens with zero attached hydrogens (tertiary/aromatic N) is 4. The number of ether oxygens (including phenoxy) is 1. The number of hydrogen-bond donors (Lipinski definition) is 1. The van der Waals surface area contributed by atoms with Crippen LogP contribution >= 0.6 is 0 Å². The third-order valence-corrected chi connectivity index (χ3v) is 8.74. The van der Waals surface area contributed by atoms with Gasteiger partial charge in [-0.15, -0.1) is 0 Å². The van der Waals surface area contributed by atoms with Crippen LogP contribution in [-0.2, 0) is 10.0 Å². The lowest BCUT2D eigenvalue weighted by Crippen LogP contribution is -2.50. The Hall–Kier alpha value is -3.78. The summed E-state index contributed by atoms with van der Waals surface area (Å²) in [5, 5.41) is 19.1. The van der Waals surface area contributed by atoms with Crippen LogP contribution in [0.25, 0.3) is 11.1 Å². The number of likely N-dealkylation sites (N-methyl/N-ethyl adjacent to an activating group) is 1. The molecule has 0 bridgehead atoms. The molecule has 9 nitrogen and oxygen atoms in total. The molecule has 2 heterocycles. The predicted molar refractivity (Wildman–Crippen MR) is 142 cm³/mol. The maximum Gasteiger partial charge on any atom is 0.253 e. The van der Waals surface area contributed by atoms with Crippen molar-refractivity contribution in [3.05, 3.63) is 78.1 Å². The van der Waals surface area contributed by atoms with Gasteiger partial charge in [-0.2, -0.15) is 9.57 Å². The molecular formula is C28H30N4O5S. The Bertz CT molecular complexity index is 1460. The lowest BCUT2D eigenvalue weighted by atomic mass is 10.0. The van der Waals surface area contributed by atoms with E-state index in [9.17, 15) is 23.6 Å². The number of carbonyl (C=O) groups excluding carboxylic acids is 1. The molecule has 0 aliphatic carbocycles. The molecule has 0 saturated heterocycles. The smallest absolute Gasteiger partial charge is 0.253 e. The molecule has 4 rings (SSSR count). The first kappa shape index (κ1) is 27.3. The average molecular weight is 535 g/mol. The minimum absolute atomic E-state index is 0.0157. The van der Waals surface area contributed by atoms with Crippen molar-refractivity contribution in [1.29, 1.82) is 5.26 Å². The Morgan fingerprint density at radius 2 is 1.92 bits per heavy atom. The number of aliphatic hydroxyl groups is 1. The minimum Gasteiger partial charge on any atom is -0.487 e. The van der Waals surface area contributed by atoms with Crippen LogP contribution in [0.3, 0.4) is 0 Å². The van der Waals surface area contributed by atoms with E-state index in [1.54, 1.807) is 73.7 Å². The fourth-order valence-corrected chi connectivity index (χ4v) is 6.28. The van der Waals surface area contributed by atoms with Crippen LogP contribution < -0.4 is 4.74 Å². The number of nitriles is 1. The predicted octanol–water partition coefficient (Wildman–Crippen LogP) is 3.16. The van der Waals surface area contributed by atoms with E-state index < -0.39 is 22.2 Å². The number of benzene rings is 2. The first-order chi connectivity index (χ1) is 18.1. The summed E-state index contributed by atoms with van der Waals surface area (Å²) in [6.07, 6.45) is 2.55. The van der Waals surface area contributed by atoms with Gasteiger partial charge in [0.1, 0.15) is 16.7 Å². The summed E-state index contributed by atoms with van der Waals surface area (Å²) < 4.78 is 35.1. The van der Waals surface area contributed by atoms with E-state index in [0.717, 1.165) is 5.56 Å². The lowest BCUT2D eigenvalue weighted by Gasteiger charge is -2.37. The number of rotatable bonds is 6. The highest BCUT2D eigenvalue weighted by molar-refractivity contribution is 7.89. The van der Waals surface area contributed by atoms with Crippen molar-refractivity contribution in [3.8, 4) is 22.9 Å². The molecule has 10 heteroatoms. The third-order valence-electron chi connectivity index (χ3n) is 6.72. The molecule has 1 N–H and O–H groups in total. The Morgan fingerprint density at radius 3 is 2.61 bits per heavy atom. The van der Waals surface area contributed by atoms with E-state index in [-0.39, 0.29) is 42.2 Å². The van der Waals surface area contributed by atoms with Gasteiger partial charge >= 0.3 is 0 Å². The summed E-state index contributed by atoms with van der Waals surface area (Å²) in [4.78, 5) is 18.5. The zero-order valence-corrected chi connectivity index (χ0v) is 22.3. The van der Waals surface area contributed by atoms with E-state index >= 15 is 0 Å². The number of aromatic nitrogens is 1. The molecule has 3 aromatic rings. The number of hydrogen-bond acceptors (Lipinski definition) is 7. The van der Waals surface area contributed by atoms with Crippen LogP contribution in [0, 0.1) is 17.2 Å². The molecular weight excluding hydrogens is 504 g/mol. The number of amides is 1. The molecule has 38 heavy (non-hydrogen) atoms. The zero-order chi connectivity index (χ0) is 27.4. The van der Waals surface area contributed by atoms with E-state index in [1.807, 2.05) is 13.0 Å². The SMILES string of the molecule is C[C@@H]1CN([C@@H](C)CO)S(=O)(=O)c2ccc(-c3cccc(C#N)c3)cc2O[C@@H]1CN(C)C(=O)c1ccncc1. The van der Waals surface area contributed by atoms with E-state index in [4.69, 9.17) is 4.74 Å². The molecule has 1 aliphatic heterocycles. The average Bonchev–Trinajstić information content (AvgIpc) is 2.94. The van der Waals surface area contributed by atoms with Gasteiger partial charge in [-0.25, -0.2) is 8.42 Å². The highest BCUT2D eigenvalue weighted by Gasteiger charge is 2.38. The highest BCUT2D eigenvalue weighted by Crippen LogP contribution is 2.36. The molecule has 198 valence electrons.